The van der Waals surface area contributed by atoms with Gasteiger partial charge in [0.25, 0.3) is 0 Å². The third kappa shape index (κ3) is 2.15. The highest BCUT2D eigenvalue weighted by atomic mass is 35.5. The Morgan fingerprint density at radius 1 is 1.45 bits per heavy atom. The molecule has 1 aromatic carbocycles. The molecule has 22 heavy (non-hydrogen) atoms. The van der Waals surface area contributed by atoms with Gasteiger partial charge < -0.3 is 14.3 Å². The highest BCUT2D eigenvalue weighted by Crippen LogP contribution is 2.23. The number of benzene rings is 1. The van der Waals surface area contributed by atoms with Crippen molar-refractivity contribution >= 4 is 22.6 Å². The summed E-state index contributed by atoms with van der Waals surface area (Å²) in [7, 11) is 0. The van der Waals surface area contributed by atoms with Crippen LogP contribution in [-0.4, -0.2) is 31.8 Å². The van der Waals surface area contributed by atoms with Crippen molar-refractivity contribution in [2.75, 3.05) is 6.61 Å². The molecule has 0 unspecified atom stereocenters. The van der Waals surface area contributed by atoms with E-state index in [1.54, 1.807) is 17.0 Å². The first-order valence-electron chi connectivity index (χ1n) is 7.19. The molecule has 3 heterocycles. The number of hydrogen-bond acceptors (Lipinski definition) is 3. The summed E-state index contributed by atoms with van der Waals surface area (Å²) in [6.07, 6.45) is 4.62. The lowest BCUT2D eigenvalue weighted by atomic mass is 10.2. The lowest BCUT2D eigenvalue weighted by molar-refractivity contribution is -0.0589. The van der Waals surface area contributed by atoms with Crippen LogP contribution in [0.1, 0.15) is 12.2 Å². The third-order valence-electron chi connectivity index (χ3n) is 4.04. The molecule has 0 radical (unpaired) electrons. The van der Waals surface area contributed by atoms with Crippen molar-refractivity contribution in [3.8, 4) is 5.69 Å². The van der Waals surface area contributed by atoms with Crippen molar-refractivity contribution in [3.63, 3.8) is 0 Å². The molecule has 6 nitrogen and oxygen atoms in total. The summed E-state index contributed by atoms with van der Waals surface area (Å²) < 4.78 is 9.17. The van der Waals surface area contributed by atoms with Crippen molar-refractivity contribution < 1.29 is 4.74 Å². The molecular formula is C15H15ClN4O2. The number of fused-ring (bicyclic) bond motifs is 1. The maximum Gasteiger partial charge on any atom is 0.330 e. The standard InChI is InChI=1S/C15H15ClN4O2/c16-8-14-18-12-7-10(19-5-4-17-15(19)21)1-2-13(12)20(14)9-11-3-6-22-11/h1-2,4-5,7,11H,3,6,8-9H2,(H,17,21)/t11-/m0/s1. The van der Waals surface area contributed by atoms with Gasteiger partial charge in [-0.2, -0.15) is 0 Å². The van der Waals surface area contributed by atoms with Gasteiger partial charge in [-0.1, -0.05) is 0 Å². The first kappa shape index (κ1) is 13.6. The fourth-order valence-corrected chi connectivity index (χ4v) is 2.98. The second-order valence-corrected chi connectivity index (χ2v) is 5.63. The predicted octanol–water partition coefficient (Wildman–Crippen LogP) is 2.04. The Morgan fingerprint density at radius 2 is 2.32 bits per heavy atom. The highest BCUT2D eigenvalue weighted by Gasteiger charge is 2.21. The second kappa shape index (κ2) is 5.30. The van der Waals surface area contributed by atoms with Gasteiger partial charge in [0, 0.05) is 19.0 Å². The lowest BCUT2D eigenvalue weighted by Crippen LogP contribution is -2.31. The van der Waals surface area contributed by atoms with Gasteiger partial charge in [0.1, 0.15) is 5.82 Å². The number of hydrogen-bond donors (Lipinski definition) is 1. The van der Waals surface area contributed by atoms with Crippen molar-refractivity contribution in [1.29, 1.82) is 0 Å². The van der Waals surface area contributed by atoms with E-state index in [0.717, 1.165) is 42.1 Å². The second-order valence-electron chi connectivity index (χ2n) is 5.36. The number of aromatic nitrogens is 4. The van der Waals surface area contributed by atoms with E-state index in [9.17, 15) is 4.79 Å². The van der Waals surface area contributed by atoms with Gasteiger partial charge in [0.2, 0.25) is 0 Å². The monoisotopic (exact) mass is 318 g/mol. The average Bonchev–Trinajstić information content (AvgIpc) is 3.05. The van der Waals surface area contributed by atoms with E-state index in [1.165, 1.54) is 0 Å². The molecule has 3 aromatic rings. The Labute approximate surface area is 131 Å². The molecule has 2 aromatic heterocycles. The van der Waals surface area contributed by atoms with Crippen LogP contribution in [-0.2, 0) is 17.2 Å². The number of nitrogens with one attached hydrogen (secondary N) is 1. The number of halogens is 1. The molecule has 1 atom stereocenters. The van der Waals surface area contributed by atoms with E-state index < -0.39 is 0 Å². The number of imidazole rings is 2. The summed E-state index contributed by atoms with van der Waals surface area (Å²) in [4.78, 5) is 18.9. The Hall–Kier alpha value is -2.05. The molecule has 114 valence electrons. The van der Waals surface area contributed by atoms with Gasteiger partial charge in [-0.3, -0.25) is 4.57 Å². The summed E-state index contributed by atoms with van der Waals surface area (Å²) in [5, 5.41) is 0. The van der Waals surface area contributed by atoms with Gasteiger partial charge in [-0.05, 0) is 24.6 Å². The molecule has 0 bridgehead atoms. The molecular weight excluding hydrogens is 304 g/mol. The van der Waals surface area contributed by atoms with Crippen LogP contribution in [0.25, 0.3) is 16.7 Å². The van der Waals surface area contributed by atoms with Crippen LogP contribution in [0.2, 0.25) is 0 Å². The molecule has 1 fully saturated rings. The van der Waals surface area contributed by atoms with Crippen LogP contribution in [0.3, 0.4) is 0 Å². The number of aromatic amines is 1. The number of alkyl halides is 1. The number of nitrogens with zero attached hydrogens (tertiary/aromatic N) is 3. The molecule has 0 amide bonds. The maximum absolute atomic E-state index is 11.7. The smallest absolute Gasteiger partial charge is 0.330 e. The topological polar surface area (TPSA) is 64.8 Å². The van der Waals surface area contributed by atoms with Crippen molar-refractivity contribution in [1.82, 2.24) is 19.1 Å². The molecule has 1 aliphatic heterocycles. The zero-order valence-corrected chi connectivity index (χ0v) is 12.6. The van der Waals surface area contributed by atoms with E-state index >= 15 is 0 Å². The minimum absolute atomic E-state index is 0.167. The molecule has 4 rings (SSSR count). The van der Waals surface area contributed by atoms with Crippen molar-refractivity contribution in [3.05, 3.63) is 46.9 Å². The maximum atomic E-state index is 11.7. The van der Waals surface area contributed by atoms with Gasteiger partial charge in [-0.25, -0.2) is 9.78 Å². The molecule has 1 N–H and O–H groups in total. The van der Waals surface area contributed by atoms with Crippen LogP contribution in [0, 0.1) is 0 Å². The summed E-state index contributed by atoms with van der Waals surface area (Å²) >= 11 is 6.03. The lowest BCUT2D eigenvalue weighted by Gasteiger charge is -2.27. The quantitative estimate of drug-likeness (QED) is 0.749. The minimum atomic E-state index is -0.167. The first-order chi connectivity index (χ1) is 10.8. The molecule has 1 saturated heterocycles. The van der Waals surface area contributed by atoms with Crippen molar-refractivity contribution in [2.45, 2.75) is 24.9 Å². The fraction of sp³-hybridized carbons (Fsp3) is 0.333. The predicted molar refractivity (Wildman–Crippen MR) is 83.6 cm³/mol. The van der Waals surface area contributed by atoms with Gasteiger partial charge in [0.05, 0.1) is 35.2 Å². The van der Waals surface area contributed by atoms with Crippen LogP contribution in [0.5, 0.6) is 0 Å². The molecule has 7 heteroatoms. The number of ether oxygens (including phenoxy) is 1. The summed E-state index contributed by atoms with van der Waals surface area (Å²) in [6.45, 7) is 1.59. The normalized spacial score (nSPS) is 17.8. The third-order valence-corrected chi connectivity index (χ3v) is 4.28. The van der Waals surface area contributed by atoms with E-state index in [2.05, 4.69) is 14.5 Å². The van der Waals surface area contributed by atoms with Gasteiger partial charge >= 0.3 is 5.69 Å². The molecule has 0 aliphatic carbocycles. The Bertz CT molecular complexity index is 875. The van der Waals surface area contributed by atoms with E-state index in [-0.39, 0.29) is 11.8 Å². The fourth-order valence-electron chi connectivity index (χ4n) is 2.78. The molecule has 0 saturated carbocycles. The van der Waals surface area contributed by atoms with E-state index in [0.29, 0.717) is 5.88 Å². The van der Waals surface area contributed by atoms with Crippen LogP contribution >= 0.6 is 11.6 Å². The van der Waals surface area contributed by atoms with Crippen LogP contribution in [0.15, 0.2) is 35.4 Å². The van der Waals surface area contributed by atoms with Crippen molar-refractivity contribution in [2.24, 2.45) is 0 Å². The molecule has 0 spiro atoms. The summed E-state index contributed by atoms with van der Waals surface area (Å²) in [5.41, 5.74) is 2.46. The highest BCUT2D eigenvalue weighted by molar-refractivity contribution is 6.16. The number of rotatable bonds is 4. The Kier molecular flexibility index (Phi) is 3.28. The zero-order valence-electron chi connectivity index (χ0n) is 11.8. The summed E-state index contributed by atoms with van der Waals surface area (Å²) in [6, 6.07) is 5.79. The Balaban J connectivity index is 1.80. The average molecular weight is 319 g/mol. The zero-order chi connectivity index (χ0) is 15.1. The van der Waals surface area contributed by atoms with E-state index in [1.807, 2.05) is 18.2 Å². The molecule has 1 aliphatic rings. The van der Waals surface area contributed by atoms with Gasteiger partial charge in [0.15, 0.2) is 0 Å². The largest absolute Gasteiger partial charge is 0.376 e. The summed E-state index contributed by atoms with van der Waals surface area (Å²) in [5.74, 6) is 1.17. The van der Waals surface area contributed by atoms with Crippen LogP contribution in [0.4, 0.5) is 0 Å². The van der Waals surface area contributed by atoms with E-state index in [4.69, 9.17) is 16.3 Å². The minimum Gasteiger partial charge on any atom is -0.376 e. The first-order valence-corrected chi connectivity index (χ1v) is 7.73. The SMILES string of the molecule is O=c1[nH]ccn1-c1ccc2c(c1)nc(CCl)n2C[C@@H]1CCO1. The number of H-pyrrole nitrogens is 1. The van der Waals surface area contributed by atoms with Crippen LogP contribution < -0.4 is 5.69 Å². The Morgan fingerprint density at radius 3 is 2.95 bits per heavy atom. The van der Waals surface area contributed by atoms with Gasteiger partial charge in [-0.15, -0.1) is 11.6 Å².